The van der Waals surface area contributed by atoms with Gasteiger partial charge < -0.3 is 2.85 Å². The molecule has 0 aliphatic rings. The zero-order valence-corrected chi connectivity index (χ0v) is 12.3. The number of hydrogen-bond donors (Lipinski definition) is 0. The van der Waals surface area contributed by atoms with Crippen molar-refractivity contribution in [3.63, 3.8) is 0 Å². The van der Waals surface area contributed by atoms with Crippen molar-refractivity contribution in [2.75, 3.05) is 0 Å². The Morgan fingerprint density at radius 1 is 1.00 bits per heavy atom. The fraction of sp³-hybridized carbons (Fsp3) is 0.500. The predicted molar refractivity (Wildman–Crippen MR) is 71.9 cm³/mol. The maximum Gasteiger partial charge on any atom is 2.00 e. The topological polar surface area (TPSA) is 0 Å². The Morgan fingerprint density at radius 3 is 1.64 bits per heavy atom. The molecule has 2 heteroatoms. The summed E-state index contributed by atoms with van der Waals surface area (Å²) in [6.07, 6.45) is 5.54. The van der Waals surface area contributed by atoms with Gasteiger partial charge in [-0.3, -0.25) is 0 Å². The summed E-state index contributed by atoms with van der Waals surface area (Å²) >= 11 is 3.31. The first-order chi connectivity index (χ1) is 6.31. The molecule has 1 aromatic rings. The molecule has 1 rings (SSSR count). The molecule has 78 valence electrons. The first kappa shape index (κ1) is 16.9. The second kappa shape index (κ2) is 13.5. The van der Waals surface area contributed by atoms with E-state index in [0.29, 0.717) is 0 Å². The summed E-state index contributed by atoms with van der Waals surface area (Å²) in [5.74, 6) is 0. The molecular formula is C12H21BrMg. The van der Waals surface area contributed by atoms with Gasteiger partial charge in [0.15, 0.2) is 0 Å². The molecule has 0 aliphatic heterocycles. The van der Waals surface area contributed by atoms with Crippen molar-refractivity contribution < 1.29 is 2.85 Å². The quantitative estimate of drug-likeness (QED) is 0.542. The van der Waals surface area contributed by atoms with Crippen LogP contribution in [0.15, 0.2) is 34.8 Å². The Kier molecular flexibility index (Phi) is 16.2. The molecule has 0 amide bonds. The number of rotatable bonds is 3. The van der Waals surface area contributed by atoms with Gasteiger partial charge in [0.25, 0.3) is 0 Å². The van der Waals surface area contributed by atoms with E-state index < -0.39 is 0 Å². The molecule has 0 radical (unpaired) electrons. The molecule has 0 bridgehead atoms. The third-order valence-corrected chi connectivity index (χ3v) is 2.22. The first-order valence-corrected chi connectivity index (χ1v) is 5.81. The third-order valence-electron chi connectivity index (χ3n) is 1.69. The third kappa shape index (κ3) is 12.5. The second-order valence-corrected chi connectivity index (χ2v) is 3.92. The van der Waals surface area contributed by atoms with Crippen molar-refractivity contribution in [2.24, 2.45) is 0 Å². The molecule has 0 nitrogen and oxygen atoms in total. The van der Waals surface area contributed by atoms with Crippen LogP contribution in [0.3, 0.4) is 0 Å². The molecule has 0 aromatic heterocycles. The molecule has 0 unspecified atom stereocenters. The van der Waals surface area contributed by atoms with Gasteiger partial charge in [0.05, 0.1) is 0 Å². The van der Waals surface area contributed by atoms with Crippen molar-refractivity contribution in [1.82, 2.24) is 0 Å². The Labute approximate surface area is 116 Å². The summed E-state index contributed by atoms with van der Waals surface area (Å²) in [5, 5.41) is 0. The van der Waals surface area contributed by atoms with E-state index in [9.17, 15) is 0 Å². The summed E-state index contributed by atoms with van der Waals surface area (Å²) in [5.41, 5.74) is 0. The van der Waals surface area contributed by atoms with Crippen LogP contribution in [-0.2, 0) is 0 Å². The molecule has 14 heavy (non-hydrogen) atoms. The number of hydrogen-bond acceptors (Lipinski definition) is 0. The van der Waals surface area contributed by atoms with E-state index in [2.05, 4.69) is 29.8 Å². The van der Waals surface area contributed by atoms with Gasteiger partial charge >= 0.3 is 23.1 Å². The van der Waals surface area contributed by atoms with Crippen molar-refractivity contribution >= 4 is 39.0 Å². The molecule has 0 N–H and O–H groups in total. The molecule has 0 saturated carbocycles. The van der Waals surface area contributed by atoms with Gasteiger partial charge in [0.1, 0.15) is 0 Å². The summed E-state index contributed by atoms with van der Waals surface area (Å²) < 4.78 is 1.13. The van der Waals surface area contributed by atoms with Crippen LogP contribution >= 0.6 is 15.9 Å². The van der Waals surface area contributed by atoms with Gasteiger partial charge in [-0.1, -0.05) is 73.7 Å². The van der Waals surface area contributed by atoms with E-state index in [-0.39, 0.29) is 25.9 Å². The normalized spacial score (nSPS) is 8.21. The SMILES string of the molecule is Brc1ccccc1.CCCCCC.[H-].[H-].[Mg+2]. The van der Waals surface area contributed by atoms with E-state index in [1.807, 2.05) is 30.3 Å². The fourth-order valence-electron chi connectivity index (χ4n) is 0.915. The Bertz CT molecular complexity index is 191. The van der Waals surface area contributed by atoms with Crippen molar-refractivity contribution in [3.8, 4) is 0 Å². The zero-order valence-electron chi connectivity index (χ0n) is 11.3. The van der Waals surface area contributed by atoms with Gasteiger partial charge in [-0.2, -0.15) is 0 Å². The van der Waals surface area contributed by atoms with E-state index in [4.69, 9.17) is 0 Å². The predicted octanol–water partition coefficient (Wildman–Crippen LogP) is 4.88. The minimum atomic E-state index is 0. The molecular weight excluding hydrogens is 248 g/mol. The summed E-state index contributed by atoms with van der Waals surface area (Å²) in [7, 11) is 0. The van der Waals surface area contributed by atoms with Crippen molar-refractivity contribution in [2.45, 2.75) is 39.5 Å². The van der Waals surface area contributed by atoms with Gasteiger partial charge in [-0.15, -0.1) is 0 Å². The van der Waals surface area contributed by atoms with Crippen molar-refractivity contribution in [1.29, 1.82) is 0 Å². The van der Waals surface area contributed by atoms with E-state index in [0.717, 1.165) is 4.47 Å². The number of unbranched alkanes of at least 4 members (excludes halogenated alkanes) is 3. The van der Waals surface area contributed by atoms with Crippen LogP contribution in [0.25, 0.3) is 0 Å². The van der Waals surface area contributed by atoms with Crippen LogP contribution in [0, 0.1) is 0 Å². The molecule has 0 saturated heterocycles. The van der Waals surface area contributed by atoms with Crippen LogP contribution in [0.4, 0.5) is 0 Å². The minimum absolute atomic E-state index is 0. The van der Waals surface area contributed by atoms with E-state index >= 15 is 0 Å². The molecule has 0 spiro atoms. The van der Waals surface area contributed by atoms with Crippen LogP contribution in [-0.4, -0.2) is 23.1 Å². The van der Waals surface area contributed by atoms with E-state index in [1.54, 1.807) is 0 Å². The van der Waals surface area contributed by atoms with Gasteiger partial charge in [-0.25, -0.2) is 0 Å². The Balaban J connectivity index is -0.0000000767. The Hall–Kier alpha value is 0.466. The molecule has 0 atom stereocenters. The molecule has 1 aromatic carbocycles. The van der Waals surface area contributed by atoms with Crippen molar-refractivity contribution in [3.05, 3.63) is 34.8 Å². The zero-order chi connectivity index (χ0) is 9.94. The smallest absolute Gasteiger partial charge is 1.00 e. The van der Waals surface area contributed by atoms with Gasteiger partial charge in [0, 0.05) is 4.47 Å². The maximum atomic E-state index is 3.31. The number of halogens is 1. The fourth-order valence-corrected chi connectivity index (χ4v) is 1.22. The minimum Gasteiger partial charge on any atom is -1.00 e. The Morgan fingerprint density at radius 2 is 1.43 bits per heavy atom. The largest absolute Gasteiger partial charge is 2.00 e. The summed E-state index contributed by atoms with van der Waals surface area (Å²) in [6.45, 7) is 4.46. The average Bonchev–Trinajstić information content (AvgIpc) is 2.17. The molecule has 0 fully saturated rings. The second-order valence-electron chi connectivity index (χ2n) is 3.00. The van der Waals surface area contributed by atoms with E-state index in [1.165, 1.54) is 25.7 Å². The van der Waals surface area contributed by atoms with Crippen LogP contribution in [0.5, 0.6) is 0 Å². The summed E-state index contributed by atoms with van der Waals surface area (Å²) in [4.78, 5) is 0. The molecule has 0 aliphatic carbocycles. The number of benzene rings is 1. The molecule has 0 heterocycles. The van der Waals surface area contributed by atoms with Gasteiger partial charge in [0.2, 0.25) is 0 Å². The first-order valence-electron chi connectivity index (χ1n) is 5.01. The summed E-state index contributed by atoms with van der Waals surface area (Å²) in [6, 6.07) is 9.97. The van der Waals surface area contributed by atoms with Crippen LogP contribution < -0.4 is 0 Å². The average molecular weight is 270 g/mol. The van der Waals surface area contributed by atoms with Crippen LogP contribution in [0.2, 0.25) is 0 Å². The maximum absolute atomic E-state index is 3.31. The monoisotopic (exact) mass is 268 g/mol. The van der Waals surface area contributed by atoms with Gasteiger partial charge in [-0.05, 0) is 12.1 Å². The van der Waals surface area contributed by atoms with Crippen LogP contribution in [0.1, 0.15) is 42.4 Å². The standard InChI is InChI=1S/C6H5Br.C6H14.Mg.2H/c7-6-4-2-1-3-5-6;1-3-5-6-4-2;;;/h1-5H;3-6H2,1-2H3;;;/q;;+2;2*-1.